The van der Waals surface area contributed by atoms with Gasteiger partial charge in [-0.3, -0.25) is 37.3 Å². The summed E-state index contributed by atoms with van der Waals surface area (Å²) in [4.78, 5) is 73.1. The van der Waals surface area contributed by atoms with Crippen molar-refractivity contribution >= 4 is 39.5 Å². The SMILES string of the molecule is CCCCCCCCCCCCCCCCCCCCC(=O)O[C@H](COC(=O)CCCCCCCCCCCCCCCCCCC)COP(=O)(O)OC[C@@H](O)COP(=O)(O)OC[C@@H](COC(=O)CCCCCCCCCCCC(C)C)OC(=O)CCCCCCCCCCCCC(C)CC. The van der Waals surface area contributed by atoms with Crippen LogP contribution in [0.2, 0.25) is 0 Å². The molecule has 0 fully saturated rings. The normalized spacial score (nSPS) is 14.2. The maximum Gasteiger partial charge on any atom is 0.472 e. The molecule has 0 saturated heterocycles. The van der Waals surface area contributed by atoms with Gasteiger partial charge in [0.2, 0.25) is 0 Å². The number of rotatable bonds is 81. The topological polar surface area (TPSA) is 237 Å². The predicted octanol–water partition coefficient (Wildman–Crippen LogP) is 24.7. The van der Waals surface area contributed by atoms with Crippen molar-refractivity contribution in [2.75, 3.05) is 39.6 Å². The number of phosphoric ester groups is 2. The molecule has 0 radical (unpaired) electrons. The standard InChI is InChI=1S/C82H160O17P2/c1-7-10-12-14-16-18-20-22-24-26-28-30-32-34-41-48-54-60-66-81(86)98-77(70-92-79(84)64-58-52-46-40-33-31-29-27-25-23-21-19-17-15-13-11-8-2)72-96-100(88,89)94-68-76(83)69-95-101(90,91)97-73-78(71-93-80(85)65-59-53-47-43-37-38-44-50-56-62-74(4)5)99-82(87)67-61-55-49-42-36-35-39-45-51-57-63-75(6)9-3/h74-78,83H,7-73H2,1-6H3,(H,88,89)(H,90,91)/t75?,76-,77-,78-/m1/s1. The average molecular weight is 1480 g/mol. The molecule has 17 nitrogen and oxygen atoms in total. The third kappa shape index (κ3) is 74.7. The van der Waals surface area contributed by atoms with Gasteiger partial charge in [0, 0.05) is 25.7 Å². The predicted molar refractivity (Wildman–Crippen MR) is 414 cm³/mol. The first kappa shape index (κ1) is 99.1. The van der Waals surface area contributed by atoms with Gasteiger partial charge in [0.1, 0.15) is 19.3 Å². The number of unbranched alkanes of at least 4 members (excludes halogenated alkanes) is 50. The first-order chi connectivity index (χ1) is 48.9. The van der Waals surface area contributed by atoms with Gasteiger partial charge in [0.25, 0.3) is 0 Å². The molecule has 19 heteroatoms. The van der Waals surface area contributed by atoms with Crippen LogP contribution in [0.25, 0.3) is 0 Å². The number of hydrogen-bond donors (Lipinski definition) is 3. The van der Waals surface area contributed by atoms with Gasteiger partial charge in [0.05, 0.1) is 26.4 Å². The molecule has 0 aliphatic heterocycles. The third-order valence-corrected chi connectivity index (χ3v) is 21.5. The second-order valence-electron chi connectivity index (χ2n) is 30.2. The minimum atomic E-state index is -4.96. The molecule has 0 aliphatic rings. The second kappa shape index (κ2) is 73.6. The van der Waals surface area contributed by atoms with Crippen molar-refractivity contribution in [3.05, 3.63) is 0 Å². The van der Waals surface area contributed by atoms with Gasteiger partial charge < -0.3 is 33.8 Å². The molecule has 0 heterocycles. The molecule has 0 rings (SSSR count). The number of hydrogen-bond acceptors (Lipinski definition) is 15. The lowest BCUT2D eigenvalue weighted by atomic mass is 9.99. The molecule has 101 heavy (non-hydrogen) atoms. The molecule has 0 aromatic heterocycles. The fourth-order valence-corrected chi connectivity index (χ4v) is 14.3. The van der Waals surface area contributed by atoms with Gasteiger partial charge in [-0.15, -0.1) is 0 Å². The fraction of sp³-hybridized carbons (Fsp3) is 0.951. The summed E-state index contributed by atoms with van der Waals surface area (Å²) in [6.45, 7) is 9.65. The molecule has 0 aliphatic carbocycles. The lowest BCUT2D eigenvalue weighted by Gasteiger charge is -2.21. The molecule has 3 N–H and O–H groups in total. The summed E-state index contributed by atoms with van der Waals surface area (Å²) in [6, 6.07) is 0. The Hall–Kier alpha value is -1.94. The third-order valence-electron chi connectivity index (χ3n) is 19.6. The van der Waals surface area contributed by atoms with E-state index in [2.05, 4.69) is 41.5 Å². The number of carbonyl (C=O) groups is 4. The van der Waals surface area contributed by atoms with Crippen LogP contribution >= 0.6 is 15.6 Å². The Morgan fingerprint density at radius 1 is 0.287 bits per heavy atom. The van der Waals surface area contributed by atoms with Crippen LogP contribution in [-0.4, -0.2) is 96.7 Å². The van der Waals surface area contributed by atoms with E-state index in [1.54, 1.807) is 0 Å². The molecule has 600 valence electrons. The van der Waals surface area contributed by atoms with E-state index in [-0.39, 0.29) is 25.7 Å². The number of ether oxygens (including phenoxy) is 4. The van der Waals surface area contributed by atoms with Crippen molar-refractivity contribution in [3.63, 3.8) is 0 Å². The van der Waals surface area contributed by atoms with E-state index < -0.39 is 97.5 Å². The van der Waals surface area contributed by atoms with Crippen LogP contribution in [0.5, 0.6) is 0 Å². The summed E-state index contributed by atoms with van der Waals surface area (Å²) in [5, 5.41) is 10.7. The molecular weight excluding hydrogens is 1320 g/mol. The van der Waals surface area contributed by atoms with E-state index in [1.165, 1.54) is 250 Å². The van der Waals surface area contributed by atoms with Crippen LogP contribution in [0.3, 0.4) is 0 Å². The van der Waals surface area contributed by atoms with Crippen LogP contribution in [0.4, 0.5) is 0 Å². The monoisotopic (exact) mass is 1480 g/mol. The lowest BCUT2D eigenvalue weighted by molar-refractivity contribution is -0.161. The highest BCUT2D eigenvalue weighted by molar-refractivity contribution is 7.47. The molecule has 0 aromatic carbocycles. The van der Waals surface area contributed by atoms with Crippen molar-refractivity contribution in [1.29, 1.82) is 0 Å². The second-order valence-corrected chi connectivity index (χ2v) is 33.1. The number of esters is 4. The van der Waals surface area contributed by atoms with Gasteiger partial charge >= 0.3 is 39.5 Å². The maximum absolute atomic E-state index is 13.1. The van der Waals surface area contributed by atoms with Crippen molar-refractivity contribution in [2.45, 2.75) is 452 Å². The molecule has 3 unspecified atom stereocenters. The van der Waals surface area contributed by atoms with Crippen molar-refractivity contribution < 1.29 is 80.2 Å². The van der Waals surface area contributed by atoms with Gasteiger partial charge in [-0.2, -0.15) is 0 Å². The number of aliphatic hydroxyl groups excluding tert-OH is 1. The first-order valence-corrected chi connectivity index (χ1v) is 45.5. The first-order valence-electron chi connectivity index (χ1n) is 42.5. The van der Waals surface area contributed by atoms with Gasteiger partial charge in [0.15, 0.2) is 12.2 Å². The van der Waals surface area contributed by atoms with Crippen molar-refractivity contribution in [3.8, 4) is 0 Å². The summed E-state index contributed by atoms with van der Waals surface area (Å²) < 4.78 is 68.8. The largest absolute Gasteiger partial charge is 0.472 e. The minimum absolute atomic E-state index is 0.106. The summed E-state index contributed by atoms with van der Waals surface area (Å²) in [5.41, 5.74) is 0. The van der Waals surface area contributed by atoms with E-state index in [9.17, 15) is 43.2 Å². The Balaban J connectivity index is 5.26. The van der Waals surface area contributed by atoms with E-state index in [0.29, 0.717) is 25.7 Å². The summed E-state index contributed by atoms with van der Waals surface area (Å²) in [5.74, 6) is -0.560. The molecule has 0 amide bonds. The quantitative estimate of drug-likeness (QED) is 0.0222. The molecule has 0 bridgehead atoms. The fourth-order valence-electron chi connectivity index (χ4n) is 12.7. The van der Waals surface area contributed by atoms with Crippen molar-refractivity contribution in [2.24, 2.45) is 11.8 Å². The van der Waals surface area contributed by atoms with Crippen LogP contribution in [0, 0.1) is 11.8 Å². The number of aliphatic hydroxyl groups is 1. The number of carbonyl (C=O) groups excluding carboxylic acids is 4. The molecular formula is C82H160O17P2. The highest BCUT2D eigenvalue weighted by Crippen LogP contribution is 2.45. The lowest BCUT2D eigenvalue weighted by Crippen LogP contribution is -2.30. The van der Waals surface area contributed by atoms with Gasteiger partial charge in [-0.05, 0) is 37.5 Å². The van der Waals surface area contributed by atoms with Gasteiger partial charge in [-0.25, -0.2) is 9.13 Å². The Morgan fingerprint density at radius 2 is 0.505 bits per heavy atom. The summed E-state index contributed by atoms with van der Waals surface area (Å²) in [7, 11) is -9.92. The van der Waals surface area contributed by atoms with Gasteiger partial charge in [-0.1, -0.05) is 382 Å². The molecule has 6 atom stereocenters. The average Bonchev–Trinajstić information content (AvgIpc) is 0.961. The van der Waals surface area contributed by atoms with E-state index in [4.69, 9.17) is 37.0 Å². The number of phosphoric acid groups is 2. The molecule has 0 saturated carbocycles. The van der Waals surface area contributed by atoms with Crippen LogP contribution in [0.1, 0.15) is 433 Å². The smallest absolute Gasteiger partial charge is 0.462 e. The molecule has 0 spiro atoms. The Kier molecular flexibility index (Phi) is 72.2. The summed E-state index contributed by atoms with van der Waals surface area (Å²) in [6.07, 6.45) is 63.7. The highest BCUT2D eigenvalue weighted by atomic mass is 31.2. The zero-order chi connectivity index (χ0) is 74.2. The zero-order valence-corrected chi connectivity index (χ0v) is 68.0. The van der Waals surface area contributed by atoms with Crippen LogP contribution in [-0.2, 0) is 65.4 Å². The zero-order valence-electron chi connectivity index (χ0n) is 66.2. The van der Waals surface area contributed by atoms with Crippen LogP contribution in [0.15, 0.2) is 0 Å². The van der Waals surface area contributed by atoms with E-state index in [0.717, 1.165) is 102 Å². The van der Waals surface area contributed by atoms with E-state index >= 15 is 0 Å². The Labute approximate surface area is 619 Å². The Morgan fingerprint density at radius 3 is 0.752 bits per heavy atom. The van der Waals surface area contributed by atoms with E-state index in [1.807, 2.05) is 0 Å². The highest BCUT2D eigenvalue weighted by Gasteiger charge is 2.30. The van der Waals surface area contributed by atoms with Crippen LogP contribution < -0.4 is 0 Å². The summed E-state index contributed by atoms with van der Waals surface area (Å²) >= 11 is 0. The maximum atomic E-state index is 13.1. The van der Waals surface area contributed by atoms with Crippen molar-refractivity contribution in [1.82, 2.24) is 0 Å². The Bertz CT molecular complexity index is 1940. The molecule has 0 aromatic rings. The minimum Gasteiger partial charge on any atom is -0.462 e.